The fourth-order valence-corrected chi connectivity index (χ4v) is 2.74. The van der Waals surface area contributed by atoms with Gasteiger partial charge in [-0.2, -0.15) is 13.2 Å². The Bertz CT molecular complexity index is 1170. The van der Waals surface area contributed by atoms with Crippen LogP contribution in [0, 0.1) is 12.3 Å². The maximum atomic E-state index is 13.4. The van der Waals surface area contributed by atoms with Crippen molar-refractivity contribution in [1.82, 2.24) is 15.6 Å². The number of carbonyl (C=O) groups excluding carboxylic acids is 2. The number of alkyl halides is 3. The number of ether oxygens (including phenoxy) is 2. The predicted molar refractivity (Wildman–Crippen MR) is 121 cm³/mol. The lowest BCUT2D eigenvalue weighted by Gasteiger charge is -2.20. The summed E-state index contributed by atoms with van der Waals surface area (Å²) in [6, 6.07) is 6.29. The van der Waals surface area contributed by atoms with E-state index in [4.69, 9.17) is 21.0 Å². The Morgan fingerprint density at radius 1 is 1.17 bits per heavy atom. The van der Waals surface area contributed by atoms with Crippen LogP contribution in [0.1, 0.15) is 48.8 Å². The summed E-state index contributed by atoms with van der Waals surface area (Å²) in [5.74, 6) is -0.215. The van der Waals surface area contributed by atoms with E-state index in [1.807, 2.05) is 0 Å². The van der Waals surface area contributed by atoms with E-state index in [1.54, 1.807) is 20.8 Å². The van der Waals surface area contributed by atoms with E-state index in [0.29, 0.717) is 0 Å². The summed E-state index contributed by atoms with van der Waals surface area (Å²) in [4.78, 5) is 38.6. The van der Waals surface area contributed by atoms with Gasteiger partial charge in [0.15, 0.2) is 0 Å². The first-order chi connectivity index (χ1) is 16.7. The number of hydrogen-bond acceptors (Lipinski definition) is 6. The number of nitrogens with one attached hydrogen (secondary N) is 2. The molecule has 0 spiro atoms. The highest BCUT2D eigenvalue weighted by Gasteiger charge is 2.33. The fraction of sp³-hybridized carbons (Fsp3) is 0.333. The highest BCUT2D eigenvalue weighted by Crippen LogP contribution is 2.31. The number of benzene rings is 1. The molecule has 2 rings (SSSR count). The molecule has 9 nitrogen and oxygen atoms in total. The first-order valence-corrected chi connectivity index (χ1v) is 10.5. The smallest absolute Gasteiger partial charge is 0.433 e. The number of rotatable bonds is 8. The predicted octanol–water partition coefficient (Wildman–Crippen LogP) is 4.12. The number of carbonyl (C=O) groups is 3. The summed E-state index contributed by atoms with van der Waals surface area (Å²) in [6.45, 7) is 4.62. The van der Waals surface area contributed by atoms with Gasteiger partial charge in [-0.1, -0.05) is 12.0 Å². The number of aromatic nitrogens is 1. The molecule has 0 radical (unpaired) electrons. The molecule has 0 fully saturated rings. The van der Waals surface area contributed by atoms with Crippen molar-refractivity contribution < 1.29 is 42.1 Å². The molecule has 0 saturated carbocycles. The number of terminal acetylenes is 1. The number of carboxylic acid groups (broad SMARTS) is 1. The van der Waals surface area contributed by atoms with Gasteiger partial charge in [0, 0.05) is 18.2 Å². The molecule has 1 unspecified atom stereocenters. The molecule has 1 heterocycles. The molecule has 1 aromatic heterocycles. The van der Waals surface area contributed by atoms with Gasteiger partial charge in [0.25, 0.3) is 5.91 Å². The zero-order chi connectivity index (χ0) is 27.1. The van der Waals surface area contributed by atoms with Crippen LogP contribution < -0.4 is 15.4 Å². The number of pyridine rings is 1. The fourth-order valence-electron chi connectivity index (χ4n) is 2.74. The minimum Gasteiger partial charge on any atom is -0.481 e. The zero-order valence-electron chi connectivity index (χ0n) is 19.6. The van der Waals surface area contributed by atoms with Crippen LogP contribution in [0.2, 0.25) is 0 Å². The standard InChI is InChI=1S/C24H24F3N3O6/c1-5-16(12-20(31)32)29-21(33)15-7-6-8-17(11-15)35-19-10-14(9-18(30-19)24(25,26)27)13-28-22(34)36-23(2,3)4/h1,6-11,16H,12-13H2,2-4H3,(H,28,34)(H,29,33)(H,31,32). The molecule has 0 aliphatic carbocycles. The van der Waals surface area contributed by atoms with Gasteiger partial charge in [-0.3, -0.25) is 9.59 Å². The number of halogens is 3. The normalized spacial score (nSPS) is 12.1. The van der Waals surface area contributed by atoms with Gasteiger partial charge in [0.2, 0.25) is 5.88 Å². The van der Waals surface area contributed by atoms with Crippen LogP contribution in [0.5, 0.6) is 11.6 Å². The van der Waals surface area contributed by atoms with Crippen molar-refractivity contribution in [2.24, 2.45) is 0 Å². The average Bonchev–Trinajstić information content (AvgIpc) is 2.75. The van der Waals surface area contributed by atoms with E-state index < -0.39 is 53.8 Å². The summed E-state index contributed by atoms with van der Waals surface area (Å²) in [7, 11) is 0. The van der Waals surface area contributed by atoms with E-state index in [2.05, 4.69) is 21.5 Å². The van der Waals surface area contributed by atoms with Gasteiger partial charge in [-0.05, 0) is 50.6 Å². The minimum atomic E-state index is -4.80. The van der Waals surface area contributed by atoms with Crippen LogP contribution in [0.25, 0.3) is 0 Å². The van der Waals surface area contributed by atoms with Crippen LogP contribution in [0.4, 0.5) is 18.0 Å². The summed E-state index contributed by atoms with van der Waals surface area (Å²) in [6.07, 6.45) is -0.877. The SMILES string of the molecule is C#CC(CC(=O)O)NC(=O)c1cccc(Oc2cc(CNC(=O)OC(C)(C)C)cc(C(F)(F)F)n2)c1. The van der Waals surface area contributed by atoms with Gasteiger partial charge in [-0.15, -0.1) is 6.42 Å². The molecular weight excluding hydrogens is 483 g/mol. The van der Waals surface area contributed by atoms with Crippen molar-refractivity contribution in [1.29, 1.82) is 0 Å². The Balaban J connectivity index is 2.24. The quantitative estimate of drug-likeness (QED) is 0.459. The molecule has 1 aromatic carbocycles. The molecule has 0 saturated heterocycles. The number of alkyl carbamates (subject to hydrolysis) is 1. The molecule has 3 N–H and O–H groups in total. The van der Waals surface area contributed by atoms with Crippen LogP contribution in [-0.2, 0) is 22.3 Å². The Hall–Kier alpha value is -4.27. The number of nitrogens with zero attached hydrogens (tertiary/aromatic N) is 1. The topological polar surface area (TPSA) is 127 Å². The Morgan fingerprint density at radius 2 is 1.86 bits per heavy atom. The Labute approximate surface area is 205 Å². The number of carboxylic acids is 1. The van der Waals surface area contributed by atoms with Crippen LogP contribution >= 0.6 is 0 Å². The van der Waals surface area contributed by atoms with Gasteiger partial charge in [0.1, 0.15) is 23.1 Å². The summed E-state index contributed by atoms with van der Waals surface area (Å²) in [5.41, 5.74) is -1.98. The largest absolute Gasteiger partial charge is 0.481 e. The third kappa shape index (κ3) is 9.17. The summed E-state index contributed by atoms with van der Waals surface area (Å²) < 4.78 is 50.7. The highest BCUT2D eigenvalue weighted by atomic mass is 19.4. The van der Waals surface area contributed by atoms with Crippen LogP contribution in [0.3, 0.4) is 0 Å². The highest BCUT2D eigenvalue weighted by molar-refractivity contribution is 5.95. The van der Waals surface area contributed by atoms with Gasteiger partial charge < -0.3 is 25.2 Å². The monoisotopic (exact) mass is 507 g/mol. The first-order valence-electron chi connectivity index (χ1n) is 10.5. The lowest BCUT2D eigenvalue weighted by molar-refractivity contribution is -0.141. The van der Waals surface area contributed by atoms with E-state index in [9.17, 15) is 27.6 Å². The molecule has 12 heteroatoms. The number of aliphatic carboxylic acids is 1. The second kappa shape index (κ2) is 11.4. The molecule has 0 aliphatic heterocycles. The van der Waals surface area contributed by atoms with Crippen molar-refractivity contribution in [3.05, 3.63) is 53.2 Å². The first kappa shape index (κ1) is 28.0. The van der Waals surface area contributed by atoms with E-state index in [0.717, 1.165) is 6.07 Å². The van der Waals surface area contributed by atoms with E-state index >= 15 is 0 Å². The van der Waals surface area contributed by atoms with Crippen LogP contribution in [0.15, 0.2) is 36.4 Å². The van der Waals surface area contributed by atoms with Crippen molar-refractivity contribution >= 4 is 18.0 Å². The Kier molecular flexibility index (Phi) is 8.89. The number of hydrogen-bond donors (Lipinski definition) is 3. The van der Waals surface area contributed by atoms with Crippen molar-refractivity contribution in [3.63, 3.8) is 0 Å². The zero-order valence-corrected chi connectivity index (χ0v) is 19.6. The molecule has 0 bridgehead atoms. The molecule has 2 aromatic rings. The molecular formula is C24H24F3N3O6. The molecule has 2 amide bonds. The molecule has 192 valence electrons. The van der Waals surface area contributed by atoms with Crippen molar-refractivity contribution in [3.8, 4) is 24.0 Å². The second-order valence-corrected chi connectivity index (χ2v) is 8.47. The van der Waals surface area contributed by atoms with E-state index in [1.165, 1.54) is 30.3 Å². The minimum absolute atomic E-state index is 0.0176. The Morgan fingerprint density at radius 3 is 2.44 bits per heavy atom. The summed E-state index contributed by atoms with van der Waals surface area (Å²) >= 11 is 0. The van der Waals surface area contributed by atoms with Gasteiger partial charge in [0.05, 0.1) is 6.42 Å². The van der Waals surface area contributed by atoms with Crippen molar-refractivity contribution in [2.45, 2.75) is 51.6 Å². The average molecular weight is 507 g/mol. The molecule has 36 heavy (non-hydrogen) atoms. The number of amides is 2. The second-order valence-electron chi connectivity index (χ2n) is 8.47. The summed E-state index contributed by atoms with van der Waals surface area (Å²) in [5, 5.41) is 13.6. The lowest BCUT2D eigenvalue weighted by atomic mass is 10.1. The maximum absolute atomic E-state index is 13.4. The third-order valence-corrected chi connectivity index (χ3v) is 4.19. The molecule has 1 atom stereocenters. The molecule has 0 aliphatic rings. The van der Waals surface area contributed by atoms with Gasteiger partial charge in [-0.25, -0.2) is 9.78 Å². The van der Waals surface area contributed by atoms with Gasteiger partial charge >= 0.3 is 18.2 Å². The van der Waals surface area contributed by atoms with Crippen LogP contribution in [-0.4, -0.2) is 39.7 Å². The maximum Gasteiger partial charge on any atom is 0.433 e. The van der Waals surface area contributed by atoms with Crippen molar-refractivity contribution in [2.75, 3.05) is 0 Å². The lowest BCUT2D eigenvalue weighted by Crippen LogP contribution is -2.35. The third-order valence-electron chi connectivity index (χ3n) is 4.19. The van der Waals surface area contributed by atoms with E-state index in [-0.39, 0.29) is 23.4 Å².